The molecule has 41 heavy (non-hydrogen) atoms. The first-order valence-electron chi connectivity index (χ1n) is 12.8. The van der Waals surface area contributed by atoms with E-state index in [0.29, 0.717) is 30.4 Å². The number of anilines is 1. The van der Waals surface area contributed by atoms with Crippen molar-refractivity contribution in [1.29, 1.82) is 0 Å². The Morgan fingerprint density at radius 3 is 2.39 bits per heavy atom. The number of benzene rings is 1. The van der Waals surface area contributed by atoms with E-state index < -0.39 is 17.8 Å². The third-order valence-electron chi connectivity index (χ3n) is 7.04. The van der Waals surface area contributed by atoms with Crippen molar-refractivity contribution in [1.82, 2.24) is 29.5 Å². The molecule has 0 bridgehead atoms. The molecule has 1 aliphatic carbocycles. The highest BCUT2D eigenvalue weighted by Crippen LogP contribution is 2.41. The lowest BCUT2D eigenvalue weighted by atomic mass is 10.0. The molecule has 2 aromatic heterocycles. The summed E-state index contributed by atoms with van der Waals surface area (Å²) in [5.74, 6) is -0.898. The van der Waals surface area contributed by atoms with Gasteiger partial charge >= 0.3 is 6.18 Å². The molecule has 1 aliphatic heterocycles. The molecule has 2 fully saturated rings. The predicted molar refractivity (Wildman–Crippen MR) is 144 cm³/mol. The van der Waals surface area contributed by atoms with Crippen LogP contribution in [0.15, 0.2) is 30.6 Å². The first-order chi connectivity index (χ1) is 19.5. The van der Waals surface area contributed by atoms with Crippen LogP contribution in [-0.2, 0) is 18.0 Å². The van der Waals surface area contributed by atoms with Crippen molar-refractivity contribution in [2.75, 3.05) is 25.5 Å². The Morgan fingerprint density at radius 1 is 1.17 bits per heavy atom. The second-order valence-electron chi connectivity index (χ2n) is 9.74. The number of carbonyl (C=O) groups is 3. The Morgan fingerprint density at radius 2 is 1.83 bits per heavy atom. The van der Waals surface area contributed by atoms with Gasteiger partial charge in [-0.05, 0) is 50.9 Å². The number of aromatic nitrogens is 4. The molecular weight excluding hydrogens is 567 g/mol. The smallest absolute Gasteiger partial charge is 0.435 e. The molecule has 3 N–H and O–H groups in total. The largest absolute Gasteiger partial charge is 0.483 e. The Balaban J connectivity index is 0.00000124. The van der Waals surface area contributed by atoms with Gasteiger partial charge in [0.25, 0.3) is 18.3 Å². The van der Waals surface area contributed by atoms with Gasteiger partial charge in [0.1, 0.15) is 0 Å². The summed E-state index contributed by atoms with van der Waals surface area (Å²) in [6.45, 7) is 0.993. The van der Waals surface area contributed by atoms with Gasteiger partial charge in [-0.15, -0.1) is 0 Å². The summed E-state index contributed by atoms with van der Waals surface area (Å²) < 4.78 is 43.6. The minimum atomic E-state index is -4.65. The van der Waals surface area contributed by atoms with E-state index in [4.69, 9.17) is 21.5 Å². The molecule has 3 aromatic rings. The van der Waals surface area contributed by atoms with Crippen LogP contribution in [0.25, 0.3) is 11.3 Å². The molecule has 220 valence electrons. The van der Waals surface area contributed by atoms with Crippen LogP contribution >= 0.6 is 11.6 Å². The van der Waals surface area contributed by atoms with Crippen LogP contribution < -0.4 is 10.6 Å². The highest BCUT2D eigenvalue weighted by Gasteiger charge is 2.40. The zero-order chi connectivity index (χ0) is 29.9. The molecule has 3 heterocycles. The number of nitrogens with zero attached hydrogens (tertiary/aromatic N) is 5. The molecule has 11 nitrogen and oxygen atoms in total. The second kappa shape index (κ2) is 12.3. The van der Waals surface area contributed by atoms with Crippen LogP contribution in [-0.4, -0.2) is 73.8 Å². The highest BCUT2D eigenvalue weighted by atomic mass is 35.5. The van der Waals surface area contributed by atoms with Crippen LogP contribution in [0.5, 0.6) is 0 Å². The number of imidazole rings is 1. The van der Waals surface area contributed by atoms with Gasteiger partial charge in [0, 0.05) is 38.1 Å². The molecule has 1 saturated carbocycles. The van der Waals surface area contributed by atoms with Crippen molar-refractivity contribution in [3.8, 4) is 11.3 Å². The number of likely N-dealkylation sites (tertiary alicyclic amines) is 1. The molecule has 5 rings (SSSR count). The van der Waals surface area contributed by atoms with Crippen molar-refractivity contribution in [2.45, 2.75) is 43.9 Å². The van der Waals surface area contributed by atoms with Crippen molar-refractivity contribution in [2.24, 2.45) is 7.05 Å². The number of nitrogens with one attached hydrogen (secondary N) is 2. The van der Waals surface area contributed by atoms with Gasteiger partial charge in [0.15, 0.2) is 11.5 Å². The second-order valence-corrected chi connectivity index (χ2v) is 10.1. The van der Waals surface area contributed by atoms with E-state index in [1.54, 1.807) is 17.0 Å². The third kappa shape index (κ3) is 6.70. The molecule has 0 spiro atoms. The van der Waals surface area contributed by atoms with Crippen LogP contribution in [0.3, 0.4) is 0 Å². The number of piperidine rings is 1. The number of halogens is 4. The lowest BCUT2D eigenvalue weighted by Gasteiger charge is -2.32. The fraction of sp³-hybridized carbons (Fsp3) is 0.423. The predicted octanol–water partition coefficient (Wildman–Crippen LogP) is 4.07. The quantitative estimate of drug-likeness (QED) is 0.366. The van der Waals surface area contributed by atoms with Gasteiger partial charge in [-0.25, -0.2) is 4.98 Å². The number of alkyl halides is 3. The van der Waals surface area contributed by atoms with Crippen LogP contribution in [0, 0.1) is 0 Å². The summed E-state index contributed by atoms with van der Waals surface area (Å²) in [6.07, 6.45) is 1.19. The topological polar surface area (TPSA) is 134 Å². The van der Waals surface area contributed by atoms with E-state index in [-0.39, 0.29) is 40.5 Å². The van der Waals surface area contributed by atoms with Crippen LogP contribution in [0.4, 0.5) is 18.9 Å². The number of hydrogen-bond acceptors (Lipinski definition) is 6. The number of rotatable bonds is 6. The maximum absolute atomic E-state index is 13.7. The number of amides is 2. The van der Waals surface area contributed by atoms with Gasteiger partial charge < -0.3 is 25.2 Å². The van der Waals surface area contributed by atoms with Gasteiger partial charge in [-0.3, -0.25) is 19.1 Å². The first-order valence-corrected chi connectivity index (χ1v) is 13.2. The van der Waals surface area contributed by atoms with E-state index in [0.717, 1.165) is 25.7 Å². The van der Waals surface area contributed by atoms with E-state index in [1.165, 1.54) is 34.8 Å². The number of carboxylic acid groups (broad SMARTS) is 1. The molecule has 1 saturated heterocycles. The maximum Gasteiger partial charge on any atom is 0.435 e. The van der Waals surface area contributed by atoms with Gasteiger partial charge in [0.05, 0.1) is 34.1 Å². The van der Waals surface area contributed by atoms with Gasteiger partial charge in [-0.1, -0.05) is 11.6 Å². The molecule has 0 radical (unpaired) electrons. The molecule has 0 atom stereocenters. The Bertz CT molecular complexity index is 1430. The number of hydrogen-bond donors (Lipinski definition) is 3. The maximum atomic E-state index is 13.7. The normalized spacial score (nSPS) is 15.7. The Hall–Kier alpha value is -3.91. The minimum Gasteiger partial charge on any atom is -0.483 e. The first kappa shape index (κ1) is 30.1. The minimum absolute atomic E-state index is 0.0411. The zero-order valence-corrected chi connectivity index (χ0v) is 23.0. The lowest BCUT2D eigenvalue weighted by Crippen LogP contribution is -2.44. The standard InChI is InChI=1S/C25H27ClF3N7O2.CH2O2/c1-30-14-7-9-35(10-8-14)24(38)17-6-3-15(11-19(17)26)32-23(37)22-31-12-20(34(22)2)18-13-36(16-4-5-16)33-21(18)25(27,28)29;2-1-3/h3,6,11-14,16,30H,4-5,7-10H2,1-2H3,(H,32,37);1H,(H,2,3). The summed E-state index contributed by atoms with van der Waals surface area (Å²) in [5.41, 5.74) is -0.369. The van der Waals surface area contributed by atoms with Crippen LogP contribution in [0.2, 0.25) is 5.02 Å². The van der Waals surface area contributed by atoms with E-state index in [2.05, 4.69) is 20.7 Å². The average molecular weight is 596 g/mol. The summed E-state index contributed by atoms with van der Waals surface area (Å²) in [5, 5.41) is 16.7. The van der Waals surface area contributed by atoms with E-state index in [1.807, 2.05) is 7.05 Å². The summed E-state index contributed by atoms with van der Waals surface area (Å²) in [7, 11) is 3.37. The summed E-state index contributed by atoms with van der Waals surface area (Å²) >= 11 is 6.39. The highest BCUT2D eigenvalue weighted by molar-refractivity contribution is 6.34. The SMILES string of the molecule is CNC1CCN(C(=O)c2ccc(NC(=O)c3ncc(-c4cn(C5CC5)nc4C(F)(F)F)n3C)cc2Cl)CC1.O=CO. The Labute approximate surface area is 238 Å². The van der Waals surface area contributed by atoms with E-state index in [9.17, 15) is 22.8 Å². The monoisotopic (exact) mass is 595 g/mol. The van der Waals surface area contributed by atoms with Gasteiger partial charge in [-0.2, -0.15) is 18.3 Å². The van der Waals surface area contributed by atoms with E-state index >= 15 is 0 Å². The van der Waals surface area contributed by atoms with Crippen molar-refractivity contribution >= 4 is 35.6 Å². The molecule has 15 heteroatoms. The molecule has 0 unspecified atom stereocenters. The average Bonchev–Trinajstić information content (AvgIpc) is 3.56. The third-order valence-corrected chi connectivity index (χ3v) is 7.35. The fourth-order valence-corrected chi connectivity index (χ4v) is 4.94. The molecule has 1 aromatic carbocycles. The van der Waals surface area contributed by atoms with Gasteiger partial charge in [0.2, 0.25) is 0 Å². The molecule has 2 amide bonds. The number of carbonyl (C=O) groups excluding carboxylic acids is 2. The molecular formula is C26H29ClF3N7O4. The van der Waals surface area contributed by atoms with Crippen molar-refractivity contribution in [3.63, 3.8) is 0 Å². The molecule has 2 aliphatic rings. The zero-order valence-electron chi connectivity index (χ0n) is 22.3. The summed E-state index contributed by atoms with van der Waals surface area (Å²) in [4.78, 5) is 40.1. The van der Waals surface area contributed by atoms with Crippen molar-refractivity contribution < 1.29 is 32.7 Å². The Kier molecular flexibility index (Phi) is 9.02. The van der Waals surface area contributed by atoms with Crippen LogP contribution in [0.1, 0.15) is 58.4 Å². The fourth-order valence-electron chi connectivity index (χ4n) is 4.68. The lowest BCUT2D eigenvalue weighted by molar-refractivity contribution is -0.141. The summed E-state index contributed by atoms with van der Waals surface area (Å²) in [6, 6.07) is 4.92. The van der Waals surface area contributed by atoms with Crippen molar-refractivity contribution in [3.05, 3.63) is 52.7 Å².